The van der Waals surface area contributed by atoms with Crippen molar-refractivity contribution < 1.29 is 5.11 Å². The third-order valence-corrected chi connectivity index (χ3v) is 2.00. The minimum absolute atomic E-state index is 0.141. The van der Waals surface area contributed by atoms with E-state index < -0.39 is 0 Å². The Balaban J connectivity index is 2.14. The van der Waals surface area contributed by atoms with Crippen LogP contribution in [-0.2, 0) is 6.54 Å². The number of rotatable bonds is 4. The Labute approximate surface area is 87.4 Å². The van der Waals surface area contributed by atoms with Gasteiger partial charge in [-0.3, -0.25) is 0 Å². The van der Waals surface area contributed by atoms with Gasteiger partial charge in [0.1, 0.15) is 0 Å². The smallest absolute Gasteiger partial charge is 0.204 e. The summed E-state index contributed by atoms with van der Waals surface area (Å²) in [6.07, 6.45) is 0.643. The van der Waals surface area contributed by atoms with E-state index in [4.69, 9.17) is 5.11 Å². The molecule has 1 heterocycles. The fourth-order valence-corrected chi connectivity index (χ4v) is 1.25. The molecule has 5 heteroatoms. The summed E-state index contributed by atoms with van der Waals surface area (Å²) in [5, 5.41) is 20.7. The molecule has 0 aliphatic carbocycles. The minimum Gasteiger partial charge on any atom is -0.396 e. The zero-order valence-corrected chi connectivity index (χ0v) is 8.24. The highest BCUT2D eigenvalue weighted by Gasteiger charge is 2.03. The summed E-state index contributed by atoms with van der Waals surface area (Å²) in [6.45, 7) is 0.735. The number of aromatic nitrogens is 4. The monoisotopic (exact) mass is 204 g/mol. The van der Waals surface area contributed by atoms with E-state index in [0.29, 0.717) is 18.8 Å². The first-order valence-corrected chi connectivity index (χ1v) is 4.84. The number of benzene rings is 1. The zero-order valence-electron chi connectivity index (χ0n) is 8.24. The van der Waals surface area contributed by atoms with Gasteiger partial charge in [0.25, 0.3) is 0 Å². The molecule has 0 atom stereocenters. The Morgan fingerprint density at radius 3 is 2.73 bits per heavy atom. The summed E-state index contributed by atoms with van der Waals surface area (Å²) in [5.41, 5.74) is 0.952. The fourth-order valence-electron chi connectivity index (χ4n) is 1.25. The van der Waals surface area contributed by atoms with Crippen molar-refractivity contribution >= 4 is 0 Å². The average molecular weight is 204 g/mol. The first-order chi connectivity index (χ1) is 7.40. The average Bonchev–Trinajstić information content (AvgIpc) is 2.76. The van der Waals surface area contributed by atoms with Gasteiger partial charge >= 0.3 is 0 Å². The second-order valence-corrected chi connectivity index (χ2v) is 3.15. The summed E-state index contributed by atoms with van der Waals surface area (Å²) in [6, 6.07) is 9.69. The van der Waals surface area contributed by atoms with Gasteiger partial charge < -0.3 is 5.11 Å². The van der Waals surface area contributed by atoms with Crippen molar-refractivity contribution in [3.8, 4) is 11.4 Å². The SMILES string of the molecule is OCCCn1nnc(-c2ccccc2)n1. The number of nitrogens with zero attached hydrogens (tertiary/aromatic N) is 4. The summed E-state index contributed by atoms with van der Waals surface area (Å²) < 4.78 is 0. The lowest BCUT2D eigenvalue weighted by molar-refractivity contribution is 0.272. The fraction of sp³-hybridized carbons (Fsp3) is 0.300. The molecule has 5 nitrogen and oxygen atoms in total. The Bertz CT molecular complexity index is 412. The van der Waals surface area contributed by atoms with Crippen LogP contribution in [-0.4, -0.2) is 31.9 Å². The first-order valence-electron chi connectivity index (χ1n) is 4.84. The van der Waals surface area contributed by atoms with Crippen LogP contribution in [0.2, 0.25) is 0 Å². The molecular weight excluding hydrogens is 192 g/mol. The van der Waals surface area contributed by atoms with Crippen molar-refractivity contribution in [3.05, 3.63) is 30.3 Å². The zero-order chi connectivity index (χ0) is 10.5. The number of hydrogen-bond donors (Lipinski definition) is 1. The topological polar surface area (TPSA) is 63.8 Å². The maximum absolute atomic E-state index is 8.66. The lowest BCUT2D eigenvalue weighted by atomic mass is 10.2. The highest BCUT2D eigenvalue weighted by Crippen LogP contribution is 2.11. The molecule has 0 spiro atoms. The van der Waals surface area contributed by atoms with Crippen LogP contribution in [0.25, 0.3) is 11.4 Å². The van der Waals surface area contributed by atoms with Crippen molar-refractivity contribution in [1.29, 1.82) is 0 Å². The highest BCUT2D eigenvalue weighted by atomic mass is 16.3. The van der Waals surface area contributed by atoms with Crippen molar-refractivity contribution in [3.63, 3.8) is 0 Å². The molecule has 1 aromatic heterocycles. The third kappa shape index (κ3) is 2.38. The molecule has 0 aliphatic heterocycles. The molecule has 1 N–H and O–H groups in total. The van der Waals surface area contributed by atoms with Gasteiger partial charge in [-0.1, -0.05) is 30.3 Å². The van der Waals surface area contributed by atoms with Crippen LogP contribution in [0, 0.1) is 0 Å². The molecule has 0 fully saturated rings. The largest absolute Gasteiger partial charge is 0.396 e. The summed E-state index contributed by atoms with van der Waals surface area (Å²) in [7, 11) is 0. The van der Waals surface area contributed by atoms with Crippen LogP contribution >= 0.6 is 0 Å². The summed E-state index contributed by atoms with van der Waals surface area (Å²) >= 11 is 0. The number of tetrazole rings is 1. The number of aliphatic hydroxyl groups excluding tert-OH is 1. The van der Waals surface area contributed by atoms with Gasteiger partial charge in [-0.05, 0) is 11.6 Å². The Morgan fingerprint density at radius 1 is 1.20 bits per heavy atom. The van der Waals surface area contributed by atoms with Gasteiger partial charge in [-0.2, -0.15) is 4.80 Å². The molecule has 0 bridgehead atoms. The number of aliphatic hydroxyl groups is 1. The van der Waals surface area contributed by atoms with Crippen LogP contribution in [0.3, 0.4) is 0 Å². The van der Waals surface area contributed by atoms with Gasteiger partial charge in [0.2, 0.25) is 5.82 Å². The molecule has 2 aromatic rings. The lowest BCUT2D eigenvalue weighted by Crippen LogP contribution is -2.04. The molecule has 78 valence electrons. The molecule has 0 saturated heterocycles. The van der Waals surface area contributed by atoms with E-state index in [2.05, 4.69) is 15.4 Å². The number of hydrogen-bond acceptors (Lipinski definition) is 4. The van der Waals surface area contributed by atoms with E-state index in [1.165, 1.54) is 4.80 Å². The van der Waals surface area contributed by atoms with Gasteiger partial charge in [0.15, 0.2) is 0 Å². The molecule has 0 amide bonds. The second kappa shape index (κ2) is 4.65. The van der Waals surface area contributed by atoms with Crippen molar-refractivity contribution in [2.75, 3.05) is 6.61 Å². The Kier molecular flexibility index (Phi) is 3.04. The van der Waals surface area contributed by atoms with Crippen molar-refractivity contribution in [2.24, 2.45) is 0 Å². The van der Waals surface area contributed by atoms with Gasteiger partial charge in [-0.15, -0.1) is 10.2 Å². The standard InChI is InChI=1S/C10H12N4O/c15-8-4-7-14-12-10(11-13-14)9-5-2-1-3-6-9/h1-3,5-6,15H,4,7-8H2. The van der Waals surface area contributed by atoms with E-state index >= 15 is 0 Å². The Hall–Kier alpha value is -1.75. The van der Waals surface area contributed by atoms with Gasteiger partial charge in [0.05, 0.1) is 6.54 Å². The normalized spacial score (nSPS) is 10.5. The number of aryl methyl sites for hydroxylation is 1. The maximum Gasteiger partial charge on any atom is 0.204 e. The molecule has 0 radical (unpaired) electrons. The van der Waals surface area contributed by atoms with E-state index in [0.717, 1.165) is 5.56 Å². The van der Waals surface area contributed by atoms with E-state index in [1.54, 1.807) is 0 Å². The maximum atomic E-state index is 8.66. The molecule has 15 heavy (non-hydrogen) atoms. The van der Waals surface area contributed by atoms with Crippen LogP contribution < -0.4 is 0 Å². The third-order valence-electron chi connectivity index (χ3n) is 2.00. The summed E-state index contributed by atoms with van der Waals surface area (Å²) in [4.78, 5) is 1.50. The lowest BCUT2D eigenvalue weighted by Gasteiger charge is -1.94. The van der Waals surface area contributed by atoms with Crippen LogP contribution in [0.4, 0.5) is 0 Å². The molecule has 2 rings (SSSR count). The van der Waals surface area contributed by atoms with E-state index in [1.807, 2.05) is 30.3 Å². The second-order valence-electron chi connectivity index (χ2n) is 3.15. The predicted molar refractivity (Wildman–Crippen MR) is 55.0 cm³/mol. The molecule has 1 aromatic carbocycles. The van der Waals surface area contributed by atoms with E-state index in [-0.39, 0.29) is 6.61 Å². The Morgan fingerprint density at radius 2 is 2.00 bits per heavy atom. The van der Waals surface area contributed by atoms with Crippen LogP contribution in [0.15, 0.2) is 30.3 Å². The highest BCUT2D eigenvalue weighted by molar-refractivity contribution is 5.52. The molecule has 0 unspecified atom stereocenters. The predicted octanol–water partition coefficient (Wildman–Crippen LogP) is 0.722. The van der Waals surface area contributed by atoms with Crippen LogP contribution in [0.1, 0.15) is 6.42 Å². The molecular formula is C10H12N4O. The molecule has 0 saturated carbocycles. The molecule has 0 aliphatic rings. The van der Waals surface area contributed by atoms with Gasteiger partial charge in [-0.25, -0.2) is 0 Å². The van der Waals surface area contributed by atoms with Crippen molar-refractivity contribution in [2.45, 2.75) is 13.0 Å². The van der Waals surface area contributed by atoms with Crippen LogP contribution in [0.5, 0.6) is 0 Å². The summed E-state index contributed by atoms with van der Waals surface area (Å²) in [5.74, 6) is 0.619. The quantitative estimate of drug-likeness (QED) is 0.797. The van der Waals surface area contributed by atoms with E-state index in [9.17, 15) is 0 Å². The first kappa shape index (κ1) is 9.79. The van der Waals surface area contributed by atoms with Crippen molar-refractivity contribution in [1.82, 2.24) is 20.2 Å². The minimum atomic E-state index is 0.141. The van der Waals surface area contributed by atoms with Gasteiger partial charge in [0, 0.05) is 12.2 Å².